The maximum atomic E-state index is 9.14. The maximum Gasteiger partial charge on any atom is 0.138 e. The van der Waals surface area contributed by atoms with Gasteiger partial charge in [-0.25, -0.2) is 0 Å². The third kappa shape index (κ3) is 1.74. The van der Waals surface area contributed by atoms with Crippen molar-refractivity contribution < 1.29 is 4.74 Å². The summed E-state index contributed by atoms with van der Waals surface area (Å²) >= 11 is 0. The van der Waals surface area contributed by atoms with Gasteiger partial charge >= 0.3 is 0 Å². The van der Waals surface area contributed by atoms with E-state index in [1.807, 2.05) is 12.1 Å². The van der Waals surface area contributed by atoms with Crippen molar-refractivity contribution in [3.8, 4) is 11.8 Å². The van der Waals surface area contributed by atoms with Crippen molar-refractivity contribution in [1.82, 2.24) is 0 Å². The summed E-state index contributed by atoms with van der Waals surface area (Å²) in [5.41, 5.74) is 3.96. The first-order chi connectivity index (χ1) is 8.40. The van der Waals surface area contributed by atoms with Crippen LogP contribution in [0.15, 0.2) is 18.2 Å². The van der Waals surface area contributed by atoms with E-state index in [-0.39, 0.29) is 5.54 Å². The van der Waals surface area contributed by atoms with Crippen molar-refractivity contribution in [1.29, 1.82) is 5.26 Å². The molecule has 0 spiro atoms. The molecule has 0 aliphatic carbocycles. The van der Waals surface area contributed by atoms with E-state index in [4.69, 9.17) is 10.00 Å². The van der Waals surface area contributed by atoms with Crippen LogP contribution in [0.3, 0.4) is 0 Å². The minimum atomic E-state index is -0.0315. The highest BCUT2D eigenvalue weighted by atomic mass is 16.5. The second-order valence-corrected chi connectivity index (χ2v) is 5.22. The van der Waals surface area contributed by atoms with Gasteiger partial charge in [0.05, 0.1) is 18.2 Å². The van der Waals surface area contributed by atoms with Gasteiger partial charge in [-0.2, -0.15) is 5.26 Å². The molecule has 1 aliphatic heterocycles. The van der Waals surface area contributed by atoms with Gasteiger partial charge in [0.25, 0.3) is 0 Å². The van der Waals surface area contributed by atoms with Crippen molar-refractivity contribution in [3.63, 3.8) is 0 Å². The van der Waals surface area contributed by atoms with Crippen molar-refractivity contribution >= 4 is 11.3 Å². The van der Waals surface area contributed by atoms with Crippen LogP contribution in [0.2, 0.25) is 0 Å². The summed E-state index contributed by atoms with van der Waals surface area (Å²) in [6.07, 6.45) is 2.23. The molecule has 0 amide bonds. The van der Waals surface area contributed by atoms with E-state index >= 15 is 0 Å². The highest BCUT2D eigenvalue weighted by molar-refractivity contribution is 5.83. The Hall–Kier alpha value is -1.95. The molecule has 18 heavy (non-hydrogen) atoms. The number of likely N-dealkylation sites (N-methyl/N-ethyl adjacent to an activating group) is 1. The number of hydrogen-bond acceptors (Lipinski definition) is 3. The molecule has 0 saturated carbocycles. The van der Waals surface area contributed by atoms with Gasteiger partial charge in [-0.3, -0.25) is 0 Å². The highest BCUT2D eigenvalue weighted by Gasteiger charge is 2.29. The summed E-state index contributed by atoms with van der Waals surface area (Å²) < 4.78 is 5.29. The zero-order valence-corrected chi connectivity index (χ0v) is 11.5. The average Bonchev–Trinajstić information content (AvgIpc) is 2.34. The van der Waals surface area contributed by atoms with Gasteiger partial charge in [-0.05, 0) is 32.4 Å². The molecular formula is C15H18N2O. The fourth-order valence-electron chi connectivity index (χ4n) is 2.43. The average molecular weight is 242 g/mol. The number of allylic oxidation sites excluding steroid dienone is 1. The van der Waals surface area contributed by atoms with Gasteiger partial charge in [0, 0.05) is 24.4 Å². The Morgan fingerprint density at radius 2 is 2.00 bits per heavy atom. The lowest BCUT2D eigenvalue weighted by Gasteiger charge is -2.40. The van der Waals surface area contributed by atoms with E-state index in [1.165, 1.54) is 5.57 Å². The number of hydrogen-bond donors (Lipinski definition) is 0. The van der Waals surface area contributed by atoms with Gasteiger partial charge in [0.2, 0.25) is 0 Å². The van der Waals surface area contributed by atoms with Gasteiger partial charge in [-0.15, -0.1) is 0 Å². The lowest BCUT2D eigenvalue weighted by Crippen LogP contribution is -2.42. The van der Waals surface area contributed by atoms with Crippen LogP contribution in [0.1, 0.15) is 31.9 Å². The number of rotatable bonds is 1. The summed E-state index contributed by atoms with van der Waals surface area (Å²) in [5.74, 6) is 0.633. The lowest BCUT2D eigenvalue weighted by atomic mass is 9.88. The summed E-state index contributed by atoms with van der Waals surface area (Å²) in [6.45, 7) is 6.43. The molecule has 2 rings (SSSR count). The zero-order valence-electron chi connectivity index (χ0n) is 11.5. The van der Waals surface area contributed by atoms with Crippen LogP contribution in [0.5, 0.6) is 5.75 Å². The van der Waals surface area contributed by atoms with Crippen molar-refractivity contribution in [2.45, 2.75) is 26.3 Å². The third-order valence-corrected chi connectivity index (χ3v) is 3.66. The fraction of sp³-hybridized carbons (Fsp3) is 0.400. The van der Waals surface area contributed by atoms with Crippen LogP contribution in [-0.2, 0) is 0 Å². The Labute approximate surface area is 108 Å². The van der Waals surface area contributed by atoms with Crippen LogP contribution < -0.4 is 9.64 Å². The van der Waals surface area contributed by atoms with E-state index in [2.05, 4.69) is 44.9 Å². The predicted octanol–water partition coefficient (Wildman–Crippen LogP) is 3.20. The molecule has 94 valence electrons. The Morgan fingerprint density at radius 1 is 1.33 bits per heavy atom. The van der Waals surface area contributed by atoms with Crippen LogP contribution in [-0.4, -0.2) is 19.7 Å². The van der Waals surface area contributed by atoms with Crippen LogP contribution in [0.4, 0.5) is 5.69 Å². The Bertz CT molecular complexity index is 565. The predicted molar refractivity (Wildman–Crippen MR) is 73.8 cm³/mol. The van der Waals surface area contributed by atoms with E-state index < -0.39 is 0 Å². The highest BCUT2D eigenvalue weighted by Crippen LogP contribution is 2.40. The first-order valence-corrected chi connectivity index (χ1v) is 5.96. The molecule has 1 aromatic rings. The molecule has 1 aromatic carbocycles. The molecule has 1 aliphatic rings. The van der Waals surface area contributed by atoms with Crippen molar-refractivity contribution in [3.05, 3.63) is 29.3 Å². The van der Waals surface area contributed by atoms with Gasteiger partial charge < -0.3 is 9.64 Å². The number of methoxy groups -OCH3 is 1. The Morgan fingerprint density at radius 3 is 2.56 bits per heavy atom. The van der Waals surface area contributed by atoms with Crippen LogP contribution in [0.25, 0.3) is 5.57 Å². The maximum absolute atomic E-state index is 9.14. The Balaban J connectivity index is 2.70. The molecule has 0 fully saturated rings. The summed E-state index contributed by atoms with van der Waals surface area (Å²) in [4.78, 5) is 2.21. The lowest BCUT2D eigenvalue weighted by molar-refractivity contribution is 0.413. The van der Waals surface area contributed by atoms with E-state index in [9.17, 15) is 0 Å². The molecule has 0 saturated heterocycles. The third-order valence-electron chi connectivity index (χ3n) is 3.66. The number of fused-ring (bicyclic) bond motifs is 1. The SMILES string of the molecule is COc1cc2c(cc1C#N)C(C)=CC(C)(C)N2C. The minimum Gasteiger partial charge on any atom is -0.495 e. The minimum absolute atomic E-state index is 0.0315. The summed E-state index contributed by atoms with van der Waals surface area (Å²) in [6, 6.07) is 6.04. The van der Waals surface area contributed by atoms with E-state index in [0.717, 1.165) is 11.3 Å². The number of nitriles is 1. The molecule has 1 heterocycles. The van der Waals surface area contributed by atoms with Crippen LogP contribution >= 0.6 is 0 Å². The summed E-state index contributed by atoms with van der Waals surface area (Å²) in [7, 11) is 3.66. The molecule has 0 unspecified atom stereocenters. The van der Waals surface area contributed by atoms with E-state index in [1.54, 1.807) is 7.11 Å². The molecular weight excluding hydrogens is 224 g/mol. The quantitative estimate of drug-likeness (QED) is 0.758. The van der Waals surface area contributed by atoms with Crippen LogP contribution in [0, 0.1) is 11.3 Å². The smallest absolute Gasteiger partial charge is 0.138 e. The van der Waals surface area contributed by atoms with E-state index in [0.29, 0.717) is 11.3 Å². The van der Waals surface area contributed by atoms with Gasteiger partial charge in [0.1, 0.15) is 11.8 Å². The van der Waals surface area contributed by atoms with Gasteiger partial charge in [-0.1, -0.05) is 6.08 Å². The standard InChI is InChI=1S/C15H18N2O/c1-10-8-15(2,3)17(4)13-7-14(18-5)11(9-16)6-12(10)13/h6-8H,1-5H3. The number of nitrogens with zero attached hydrogens (tertiary/aromatic N) is 2. The number of benzene rings is 1. The second kappa shape index (κ2) is 4.06. The molecule has 0 radical (unpaired) electrons. The second-order valence-electron chi connectivity index (χ2n) is 5.22. The molecule has 0 N–H and O–H groups in total. The molecule has 0 aromatic heterocycles. The molecule has 3 heteroatoms. The topological polar surface area (TPSA) is 36.3 Å². The van der Waals surface area contributed by atoms with Crippen molar-refractivity contribution in [2.24, 2.45) is 0 Å². The first kappa shape index (κ1) is 12.5. The number of ether oxygens (including phenoxy) is 1. The zero-order chi connectivity index (χ0) is 13.5. The van der Waals surface area contributed by atoms with Crippen molar-refractivity contribution in [2.75, 3.05) is 19.1 Å². The van der Waals surface area contributed by atoms with Gasteiger partial charge in [0.15, 0.2) is 0 Å². The Kier molecular flexibility index (Phi) is 2.82. The first-order valence-electron chi connectivity index (χ1n) is 5.96. The monoisotopic (exact) mass is 242 g/mol. The molecule has 0 bridgehead atoms. The summed E-state index contributed by atoms with van der Waals surface area (Å²) in [5, 5.41) is 9.14. The number of anilines is 1. The molecule has 0 atom stereocenters. The normalized spacial score (nSPS) is 16.7. The fourth-order valence-corrected chi connectivity index (χ4v) is 2.43. The largest absolute Gasteiger partial charge is 0.495 e. The molecule has 3 nitrogen and oxygen atoms in total.